The maximum absolute atomic E-state index is 10.8. The maximum atomic E-state index is 10.8. The maximum Gasteiger partial charge on any atom is 0.163 e. The highest BCUT2D eigenvalue weighted by Crippen LogP contribution is 2.32. The zero-order valence-electron chi connectivity index (χ0n) is 8.58. The zero-order chi connectivity index (χ0) is 10.7. The SMILES string of the molecule is CC(=O)CNc1ccc2c(c1)OCCO2. The van der Waals surface area contributed by atoms with E-state index in [4.69, 9.17) is 9.47 Å². The second kappa shape index (κ2) is 4.21. The smallest absolute Gasteiger partial charge is 0.163 e. The Bertz CT molecular complexity index is 376. The van der Waals surface area contributed by atoms with Crippen molar-refractivity contribution in [3.8, 4) is 11.5 Å². The molecule has 80 valence electrons. The van der Waals surface area contributed by atoms with E-state index in [1.165, 1.54) is 0 Å². The summed E-state index contributed by atoms with van der Waals surface area (Å²) in [6, 6.07) is 5.56. The number of carbonyl (C=O) groups excluding carboxylic acids is 1. The van der Waals surface area contributed by atoms with Gasteiger partial charge in [-0.25, -0.2) is 0 Å². The van der Waals surface area contributed by atoms with Crippen LogP contribution in [0.4, 0.5) is 5.69 Å². The summed E-state index contributed by atoms with van der Waals surface area (Å²) in [7, 11) is 0. The number of rotatable bonds is 3. The number of Topliss-reactive ketones (excluding diaryl/α,β-unsaturated/α-hetero) is 1. The lowest BCUT2D eigenvalue weighted by molar-refractivity contribution is -0.115. The van der Waals surface area contributed by atoms with Crippen molar-refractivity contribution < 1.29 is 14.3 Å². The van der Waals surface area contributed by atoms with Gasteiger partial charge in [0.25, 0.3) is 0 Å². The van der Waals surface area contributed by atoms with Gasteiger partial charge >= 0.3 is 0 Å². The van der Waals surface area contributed by atoms with E-state index in [1.54, 1.807) is 6.92 Å². The molecule has 0 radical (unpaired) electrons. The predicted molar refractivity (Wildman–Crippen MR) is 56.6 cm³/mol. The minimum absolute atomic E-state index is 0.102. The summed E-state index contributed by atoms with van der Waals surface area (Å²) in [4.78, 5) is 10.8. The molecule has 1 aromatic rings. The third-order valence-electron chi connectivity index (χ3n) is 2.08. The second-order valence-corrected chi connectivity index (χ2v) is 3.41. The van der Waals surface area contributed by atoms with Crippen molar-refractivity contribution >= 4 is 11.5 Å². The average Bonchev–Trinajstić information content (AvgIpc) is 2.26. The second-order valence-electron chi connectivity index (χ2n) is 3.41. The van der Waals surface area contributed by atoms with Crippen molar-refractivity contribution in [2.75, 3.05) is 25.1 Å². The third kappa shape index (κ3) is 2.40. The summed E-state index contributed by atoms with van der Waals surface area (Å²) in [6.07, 6.45) is 0. The van der Waals surface area contributed by atoms with Gasteiger partial charge < -0.3 is 14.8 Å². The number of nitrogens with one attached hydrogen (secondary N) is 1. The Balaban J connectivity index is 2.10. The van der Waals surface area contributed by atoms with E-state index in [9.17, 15) is 4.79 Å². The van der Waals surface area contributed by atoms with Crippen molar-refractivity contribution in [2.45, 2.75) is 6.92 Å². The number of ketones is 1. The van der Waals surface area contributed by atoms with Crippen LogP contribution in [-0.2, 0) is 4.79 Å². The van der Waals surface area contributed by atoms with Crippen LogP contribution in [0.25, 0.3) is 0 Å². The Labute approximate surface area is 88.2 Å². The van der Waals surface area contributed by atoms with Gasteiger partial charge in [-0.15, -0.1) is 0 Å². The molecule has 15 heavy (non-hydrogen) atoms. The van der Waals surface area contributed by atoms with Crippen LogP contribution in [0.3, 0.4) is 0 Å². The van der Waals surface area contributed by atoms with Crippen LogP contribution >= 0.6 is 0 Å². The van der Waals surface area contributed by atoms with E-state index in [0.717, 1.165) is 17.2 Å². The Hall–Kier alpha value is -1.71. The Kier molecular flexibility index (Phi) is 2.76. The molecule has 0 saturated heterocycles. The number of fused-ring (bicyclic) bond motifs is 1. The van der Waals surface area contributed by atoms with Crippen LogP contribution in [0.1, 0.15) is 6.92 Å². The molecule has 0 bridgehead atoms. The monoisotopic (exact) mass is 207 g/mol. The van der Waals surface area contributed by atoms with Gasteiger partial charge in [0.05, 0.1) is 6.54 Å². The molecule has 0 saturated carbocycles. The van der Waals surface area contributed by atoms with Crippen molar-refractivity contribution in [1.29, 1.82) is 0 Å². The summed E-state index contributed by atoms with van der Waals surface area (Å²) < 4.78 is 10.8. The van der Waals surface area contributed by atoms with Crippen LogP contribution in [0.2, 0.25) is 0 Å². The molecular formula is C11H13NO3. The fraction of sp³-hybridized carbons (Fsp3) is 0.364. The molecule has 1 heterocycles. The Morgan fingerprint density at radius 3 is 2.80 bits per heavy atom. The number of hydrogen-bond donors (Lipinski definition) is 1. The highest BCUT2D eigenvalue weighted by Gasteiger charge is 2.11. The first kappa shape index (κ1) is 9.83. The third-order valence-corrected chi connectivity index (χ3v) is 2.08. The van der Waals surface area contributed by atoms with Gasteiger partial charge in [0.15, 0.2) is 11.5 Å². The Morgan fingerprint density at radius 1 is 1.33 bits per heavy atom. The average molecular weight is 207 g/mol. The molecule has 0 aromatic heterocycles. The van der Waals surface area contributed by atoms with Gasteiger partial charge in [-0.1, -0.05) is 0 Å². The van der Waals surface area contributed by atoms with Crippen molar-refractivity contribution in [3.05, 3.63) is 18.2 Å². The van der Waals surface area contributed by atoms with Crippen LogP contribution in [0.5, 0.6) is 11.5 Å². The molecule has 1 N–H and O–H groups in total. The van der Waals surface area contributed by atoms with E-state index in [2.05, 4.69) is 5.32 Å². The molecule has 0 aliphatic carbocycles. The molecule has 0 spiro atoms. The predicted octanol–water partition coefficient (Wildman–Crippen LogP) is 1.46. The molecule has 4 heteroatoms. The molecule has 1 aliphatic heterocycles. The lowest BCUT2D eigenvalue weighted by atomic mass is 10.2. The molecule has 1 aromatic carbocycles. The van der Waals surface area contributed by atoms with Gasteiger partial charge in [-0.2, -0.15) is 0 Å². The lowest BCUT2D eigenvalue weighted by Crippen LogP contribution is -2.16. The fourth-order valence-corrected chi connectivity index (χ4v) is 1.38. The van der Waals surface area contributed by atoms with Gasteiger partial charge in [0, 0.05) is 11.8 Å². The first-order valence-electron chi connectivity index (χ1n) is 4.88. The molecular weight excluding hydrogens is 194 g/mol. The first-order chi connectivity index (χ1) is 7.25. The summed E-state index contributed by atoms with van der Waals surface area (Å²) >= 11 is 0. The van der Waals surface area contributed by atoms with Crippen LogP contribution in [-0.4, -0.2) is 25.5 Å². The Morgan fingerprint density at radius 2 is 2.07 bits per heavy atom. The van der Waals surface area contributed by atoms with E-state index in [0.29, 0.717) is 19.8 Å². The van der Waals surface area contributed by atoms with Gasteiger partial charge in [0.2, 0.25) is 0 Å². The topological polar surface area (TPSA) is 47.6 Å². The highest BCUT2D eigenvalue weighted by atomic mass is 16.6. The number of hydrogen-bond acceptors (Lipinski definition) is 4. The van der Waals surface area contributed by atoms with E-state index in [-0.39, 0.29) is 5.78 Å². The van der Waals surface area contributed by atoms with Crippen LogP contribution in [0.15, 0.2) is 18.2 Å². The number of ether oxygens (including phenoxy) is 2. The number of anilines is 1. The highest BCUT2D eigenvalue weighted by molar-refractivity contribution is 5.80. The number of carbonyl (C=O) groups is 1. The van der Waals surface area contributed by atoms with E-state index in [1.807, 2.05) is 18.2 Å². The minimum atomic E-state index is 0.102. The normalized spacial score (nSPS) is 13.4. The summed E-state index contributed by atoms with van der Waals surface area (Å²) in [6.45, 7) is 3.04. The molecule has 0 unspecified atom stereocenters. The molecule has 0 atom stereocenters. The zero-order valence-corrected chi connectivity index (χ0v) is 8.58. The molecule has 4 nitrogen and oxygen atoms in total. The minimum Gasteiger partial charge on any atom is -0.486 e. The molecule has 1 aliphatic rings. The van der Waals surface area contributed by atoms with Gasteiger partial charge in [-0.05, 0) is 19.1 Å². The summed E-state index contributed by atoms with van der Waals surface area (Å²) in [5.74, 6) is 1.59. The van der Waals surface area contributed by atoms with E-state index >= 15 is 0 Å². The van der Waals surface area contributed by atoms with Gasteiger partial charge in [-0.3, -0.25) is 4.79 Å². The lowest BCUT2D eigenvalue weighted by Gasteiger charge is -2.19. The van der Waals surface area contributed by atoms with Crippen molar-refractivity contribution in [2.24, 2.45) is 0 Å². The standard InChI is InChI=1S/C11H13NO3/c1-8(13)7-12-9-2-3-10-11(6-9)15-5-4-14-10/h2-3,6,12H,4-5,7H2,1H3. The largest absolute Gasteiger partial charge is 0.486 e. The van der Waals surface area contributed by atoms with Crippen LogP contribution in [0, 0.1) is 0 Å². The number of benzene rings is 1. The summed E-state index contributed by atoms with van der Waals surface area (Å²) in [5.41, 5.74) is 0.870. The van der Waals surface area contributed by atoms with Crippen LogP contribution < -0.4 is 14.8 Å². The quantitative estimate of drug-likeness (QED) is 0.815. The van der Waals surface area contributed by atoms with E-state index < -0.39 is 0 Å². The first-order valence-corrected chi connectivity index (χ1v) is 4.88. The van der Waals surface area contributed by atoms with Crippen molar-refractivity contribution in [1.82, 2.24) is 0 Å². The summed E-state index contributed by atoms with van der Waals surface area (Å²) in [5, 5.41) is 3.01. The molecule has 0 amide bonds. The molecule has 2 rings (SSSR count). The molecule has 0 fully saturated rings. The van der Waals surface area contributed by atoms with Gasteiger partial charge in [0.1, 0.15) is 19.0 Å². The fourth-order valence-electron chi connectivity index (χ4n) is 1.38. The van der Waals surface area contributed by atoms with Crippen molar-refractivity contribution in [3.63, 3.8) is 0 Å².